The minimum atomic E-state index is -0.0899. The Balaban J connectivity index is 2.04. The number of nitrogens with zero attached hydrogens (tertiary/aromatic N) is 1. The summed E-state index contributed by atoms with van der Waals surface area (Å²) in [6.45, 7) is 2.43. The van der Waals surface area contributed by atoms with Crippen LogP contribution < -0.4 is 11.1 Å². The van der Waals surface area contributed by atoms with E-state index in [-0.39, 0.29) is 11.9 Å². The molecule has 1 aromatic heterocycles. The third-order valence-corrected chi connectivity index (χ3v) is 3.01. The molecule has 0 fully saturated rings. The number of rotatable bonds is 4. The summed E-state index contributed by atoms with van der Waals surface area (Å²) in [7, 11) is 0. The molecule has 0 aliphatic carbocycles. The minimum Gasteiger partial charge on any atom is -0.346 e. The van der Waals surface area contributed by atoms with Gasteiger partial charge in [0.15, 0.2) is 0 Å². The van der Waals surface area contributed by atoms with Crippen LogP contribution in [0.5, 0.6) is 0 Å². The lowest BCUT2D eigenvalue weighted by Gasteiger charge is -2.14. The number of amides is 1. The molecule has 4 nitrogen and oxygen atoms in total. The normalized spacial score (nSPS) is 11.9. The van der Waals surface area contributed by atoms with E-state index in [9.17, 15) is 4.79 Å². The maximum atomic E-state index is 12.1. The van der Waals surface area contributed by atoms with Crippen LogP contribution in [0.25, 0.3) is 0 Å². The molecule has 98 valence electrons. The second kappa shape index (κ2) is 6.11. The van der Waals surface area contributed by atoms with Crippen molar-refractivity contribution in [1.29, 1.82) is 0 Å². The fraction of sp³-hybridized carbons (Fsp3) is 0.200. The highest BCUT2D eigenvalue weighted by molar-refractivity contribution is 5.94. The van der Waals surface area contributed by atoms with Crippen molar-refractivity contribution < 1.29 is 4.79 Å². The maximum Gasteiger partial charge on any atom is 0.251 e. The number of benzene rings is 1. The number of nitrogens with one attached hydrogen (secondary N) is 1. The zero-order valence-corrected chi connectivity index (χ0v) is 10.8. The zero-order chi connectivity index (χ0) is 13.7. The quantitative estimate of drug-likeness (QED) is 0.878. The molecule has 1 amide bonds. The Morgan fingerprint density at radius 1 is 1.21 bits per heavy atom. The number of hydrogen-bond donors (Lipinski definition) is 2. The van der Waals surface area contributed by atoms with Gasteiger partial charge in [0.25, 0.3) is 5.91 Å². The van der Waals surface area contributed by atoms with Gasteiger partial charge < -0.3 is 11.1 Å². The monoisotopic (exact) mass is 255 g/mol. The van der Waals surface area contributed by atoms with Crippen LogP contribution in [-0.4, -0.2) is 10.9 Å². The predicted octanol–water partition coefficient (Wildman–Crippen LogP) is 2.03. The molecule has 0 saturated carbocycles. The Labute approximate surface area is 112 Å². The van der Waals surface area contributed by atoms with Crippen molar-refractivity contribution in [3.8, 4) is 0 Å². The molecule has 4 heteroatoms. The standard InChI is InChI=1S/C15H17N3O/c1-11(13-6-8-17-9-7-13)18-15(19)14-4-2-12(10-16)3-5-14/h2-9,11H,10,16H2,1H3,(H,18,19)/t11-/m0/s1. The molecular weight excluding hydrogens is 238 g/mol. The van der Waals surface area contributed by atoms with Gasteiger partial charge in [-0.2, -0.15) is 0 Å². The average Bonchev–Trinajstić information content (AvgIpc) is 2.48. The van der Waals surface area contributed by atoms with Gasteiger partial charge in [-0.15, -0.1) is 0 Å². The summed E-state index contributed by atoms with van der Waals surface area (Å²) in [6.07, 6.45) is 3.43. The predicted molar refractivity (Wildman–Crippen MR) is 74.5 cm³/mol. The Bertz CT molecular complexity index is 537. The lowest BCUT2D eigenvalue weighted by Crippen LogP contribution is -2.26. The smallest absolute Gasteiger partial charge is 0.251 e. The number of carbonyl (C=O) groups excluding carboxylic acids is 1. The second-order valence-electron chi connectivity index (χ2n) is 4.38. The van der Waals surface area contributed by atoms with Gasteiger partial charge in [-0.25, -0.2) is 0 Å². The summed E-state index contributed by atoms with van der Waals surface area (Å²) in [4.78, 5) is 16.0. The summed E-state index contributed by atoms with van der Waals surface area (Å²) in [6, 6.07) is 11.0. The van der Waals surface area contributed by atoms with Crippen molar-refractivity contribution in [3.05, 3.63) is 65.5 Å². The van der Waals surface area contributed by atoms with Crippen LogP contribution in [0, 0.1) is 0 Å². The van der Waals surface area contributed by atoms with Crippen molar-refractivity contribution in [2.24, 2.45) is 5.73 Å². The molecule has 2 rings (SSSR count). The lowest BCUT2D eigenvalue weighted by atomic mass is 10.1. The van der Waals surface area contributed by atoms with Crippen LogP contribution in [0.4, 0.5) is 0 Å². The second-order valence-corrected chi connectivity index (χ2v) is 4.38. The highest BCUT2D eigenvalue weighted by Gasteiger charge is 2.10. The van der Waals surface area contributed by atoms with Gasteiger partial charge in [-0.05, 0) is 42.3 Å². The largest absolute Gasteiger partial charge is 0.346 e. The van der Waals surface area contributed by atoms with Gasteiger partial charge in [0.05, 0.1) is 6.04 Å². The summed E-state index contributed by atoms with van der Waals surface area (Å²) in [5, 5.41) is 2.95. The third kappa shape index (κ3) is 3.39. The molecular formula is C15H17N3O. The molecule has 1 heterocycles. The van der Waals surface area contributed by atoms with Crippen LogP contribution in [0.1, 0.15) is 34.5 Å². The molecule has 2 aromatic rings. The molecule has 0 aliphatic rings. The van der Waals surface area contributed by atoms with E-state index in [2.05, 4.69) is 10.3 Å². The Hall–Kier alpha value is -2.20. The van der Waals surface area contributed by atoms with Crippen LogP contribution in [0.3, 0.4) is 0 Å². The molecule has 1 aromatic carbocycles. The molecule has 0 spiro atoms. The molecule has 1 atom stereocenters. The van der Waals surface area contributed by atoms with Gasteiger partial charge >= 0.3 is 0 Å². The van der Waals surface area contributed by atoms with Crippen LogP contribution in [0.2, 0.25) is 0 Å². The number of carbonyl (C=O) groups is 1. The molecule has 0 radical (unpaired) electrons. The topological polar surface area (TPSA) is 68.0 Å². The molecule has 0 unspecified atom stereocenters. The first-order valence-corrected chi connectivity index (χ1v) is 6.20. The fourth-order valence-corrected chi connectivity index (χ4v) is 1.81. The van der Waals surface area contributed by atoms with Crippen molar-refractivity contribution in [2.45, 2.75) is 19.5 Å². The van der Waals surface area contributed by atoms with E-state index in [0.29, 0.717) is 12.1 Å². The van der Waals surface area contributed by atoms with Gasteiger partial charge in [0.2, 0.25) is 0 Å². The van der Waals surface area contributed by atoms with Crippen LogP contribution in [-0.2, 0) is 6.54 Å². The Kier molecular flexibility index (Phi) is 4.26. The average molecular weight is 255 g/mol. The van der Waals surface area contributed by atoms with Crippen molar-refractivity contribution in [2.75, 3.05) is 0 Å². The summed E-state index contributed by atoms with van der Waals surface area (Å²) in [5.41, 5.74) is 8.21. The molecule has 0 saturated heterocycles. The van der Waals surface area contributed by atoms with E-state index in [1.165, 1.54) is 0 Å². The lowest BCUT2D eigenvalue weighted by molar-refractivity contribution is 0.0940. The SMILES string of the molecule is C[C@H](NC(=O)c1ccc(CN)cc1)c1ccncc1. The number of pyridine rings is 1. The Morgan fingerprint density at radius 3 is 2.42 bits per heavy atom. The van der Waals surface area contributed by atoms with Gasteiger partial charge in [0, 0.05) is 24.5 Å². The van der Waals surface area contributed by atoms with E-state index in [4.69, 9.17) is 5.73 Å². The summed E-state index contributed by atoms with van der Waals surface area (Å²) in [5.74, 6) is -0.0899. The van der Waals surface area contributed by atoms with E-state index in [1.807, 2.05) is 31.2 Å². The van der Waals surface area contributed by atoms with E-state index in [1.54, 1.807) is 24.5 Å². The van der Waals surface area contributed by atoms with Crippen molar-refractivity contribution in [1.82, 2.24) is 10.3 Å². The van der Waals surface area contributed by atoms with Gasteiger partial charge in [0.1, 0.15) is 0 Å². The van der Waals surface area contributed by atoms with E-state index < -0.39 is 0 Å². The number of hydrogen-bond acceptors (Lipinski definition) is 3. The number of nitrogens with two attached hydrogens (primary N) is 1. The van der Waals surface area contributed by atoms with Gasteiger partial charge in [-0.1, -0.05) is 12.1 Å². The molecule has 3 N–H and O–H groups in total. The Morgan fingerprint density at radius 2 is 1.84 bits per heavy atom. The molecule has 0 aliphatic heterocycles. The molecule has 19 heavy (non-hydrogen) atoms. The highest BCUT2D eigenvalue weighted by atomic mass is 16.1. The summed E-state index contributed by atoms with van der Waals surface area (Å²) >= 11 is 0. The third-order valence-electron chi connectivity index (χ3n) is 3.01. The zero-order valence-electron chi connectivity index (χ0n) is 10.8. The highest BCUT2D eigenvalue weighted by Crippen LogP contribution is 2.12. The summed E-state index contributed by atoms with van der Waals surface area (Å²) < 4.78 is 0. The minimum absolute atomic E-state index is 0.0512. The number of aromatic nitrogens is 1. The van der Waals surface area contributed by atoms with Crippen LogP contribution in [0.15, 0.2) is 48.8 Å². The van der Waals surface area contributed by atoms with E-state index in [0.717, 1.165) is 11.1 Å². The van der Waals surface area contributed by atoms with Crippen molar-refractivity contribution >= 4 is 5.91 Å². The fourth-order valence-electron chi connectivity index (χ4n) is 1.81. The van der Waals surface area contributed by atoms with Crippen molar-refractivity contribution in [3.63, 3.8) is 0 Å². The van der Waals surface area contributed by atoms with Crippen LogP contribution >= 0.6 is 0 Å². The first kappa shape index (κ1) is 13.2. The maximum absolute atomic E-state index is 12.1. The first-order valence-electron chi connectivity index (χ1n) is 6.20. The molecule has 0 bridgehead atoms. The van der Waals surface area contributed by atoms with Gasteiger partial charge in [-0.3, -0.25) is 9.78 Å². The van der Waals surface area contributed by atoms with E-state index >= 15 is 0 Å². The first-order chi connectivity index (χ1) is 9.20.